The minimum Gasteiger partial charge on any atom is -0.468 e. The lowest BCUT2D eigenvalue weighted by molar-refractivity contribution is -0.142. The van der Waals surface area contributed by atoms with Crippen molar-refractivity contribution in [2.45, 2.75) is 12.5 Å². The highest BCUT2D eigenvalue weighted by atomic mass is 16.5. The fourth-order valence-corrected chi connectivity index (χ4v) is 1.34. The molecule has 0 aromatic heterocycles. The fraction of sp³-hybridized carbons (Fsp3) is 0.727. The van der Waals surface area contributed by atoms with Crippen molar-refractivity contribution in [3.05, 3.63) is 0 Å². The number of esters is 1. The van der Waals surface area contributed by atoms with Gasteiger partial charge in [-0.25, -0.2) is 0 Å². The second kappa shape index (κ2) is 7.23. The van der Waals surface area contributed by atoms with Crippen molar-refractivity contribution in [2.75, 3.05) is 40.0 Å². The summed E-state index contributed by atoms with van der Waals surface area (Å²) in [6.07, 6.45) is 0.344. The Bertz CT molecular complexity index is 277. The molecule has 1 aliphatic rings. The van der Waals surface area contributed by atoms with E-state index in [0.29, 0.717) is 13.0 Å². The average Bonchev–Trinajstić information content (AvgIpc) is 2.34. The van der Waals surface area contributed by atoms with Crippen molar-refractivity contribution in [3.8, 4) is 11.8 Å². The lowest BCUT2D eigenvalue weighted by Crippen LogP contribution is -2.36. The van der Waals surface area contributed by atoms with E-state index >= 15 is 0 Å². The zero-order chi connectivity index (χ0) is 11.8. The van der Waals surface area contributed by atoms with Gasteiger partial charge in [-0.1, -0.05) is 11.8 Å². The van der Waals surface area contributed by atoms with Gasteiger partial charge in [0.15, 0.2) is 0 Å². The molecule has 0 aliphatic carbocycles. The smallest absolute Gasteiger partial charge is 0.323 e. The molecule has 1 atom stereocenters. The SMILES string of the molecule is COC(=O)C(N)CC#CCN1CCOCC1. The number of rotatable bonds is 3. The normalized spacial score (nSPS) is 18.4. The van der Waals surface area contributed by atoms with Gasteiger partial charge in [-0.3, -0.25) is 9.69 Å². The van der Waals surface area contributed by atoms with Gasteiger partial charge < -0.3 is 15.2 Å². The summed E-state index contributed by atoms with van der Waals surface area (Å²) < 4.78 is 9.72. The van der Waals surface area contributed by atoms with Crippen molar-refractivity contribution < 1.29 is 14.3 Å². The maximum atomic E-state index is 11.0. The Balaban J connectivity index is 2.19. The van der Waals surface area contributed by atoms with Crippen LogP contribution in [0.5, 0.6) is 0 Å². The molecule has 0 radical (unpaired) electrons. The molecule has 16 heavy (non-hydrogen) atoms. The zero-order valence-electron chi connectivity index (χ0n) is 9.57. The minimum atomic E-state index is -0.637. The van der Waals surface area contributed by atoms with Crippen LogP contribution in [0.2, 0.25) is 0 Å². The molecule has 0 bridgehead atoms. The first-order valence-electron chi connectivity index (χ1n) is 5.33. The molecule has 2 N–H and O–H groups in total. The molecule has 1 aliphatic heterocycles. The standard InChI is InChI=1S/C11H18N2O3/c1-15-11(14)10(12)4-2-3-5-13-6-8-16-9-7-13/h10H,4-9,12H2,1H3. The summed E-state index contributed by atoms with van der Waals surface area (Å²) in [5, 5.41) is 0. The number of carbonyl (C=O) groups is 1. The molecule has 5 heteroatoms. The molecule has 0 amide bonds. The van der Waals surface area contributed by atoms with E-state index in [1.807, 2.05) is 0 Å². The Kier molecular flexibility index (Phi) is 5.86. The van der Waals surface area contributed by atoms with E-state index < -0.39 is 12.0 Å². The minimum absolute atomic E-state index is 0.344. The number of nitrogens with two attached hydrogens (primary N) is 1. The van der Waals surface area contributed by atoms with E-state index in [-0.39, 0.29) is 0 Å². The highest BCUT2D eigenvalue weighted by Gasteiger charge is 2.11. The largest absolute Gasteiger partial charge is 0.468 e. The van der Waals surface area contributed by atoms with Gasteiger partial charge in [-0.05, 0) is 0 Å². The molecule has 0 saturated carbocycles. The molecule has 0 aromatic rings. The van der Waals surface area contributed by atoms with Crippen LogP contribution >= 0.6 is 0 Å². The Morgan fingerprint density at radius 1 is 1.50 bits per heavy atom. The molecular formula is C11H18N2O3. The molecule has 1 unspecified atom stereocenters. The number of nitrogens with zero attached hydrogens (tertiary/aromatic N) is 1. The molecule has 1 rings (SSSR count). The Hall–Kier alpha value is -1.09. The third kappa shape index (κ3) is 4.62. The van der Waals surface area contributed by atoms with Crippen LogP contribution in [-0.2, 0) is 14.3 Å². The highest BCUT2D eigenvalue weighted by molar-refractivity contribution is 5.75. The van der Waals surface area contributed by atoms with E-state index in [9.17, 15) is 4.79 Å². The van der Waals surface area contributed by atoms with Gasteiger partial charge in [0.1, 0.15) is 6.04 Å². The summed E-state index contributed by atoms with van der Waals surface area (Å²) >= 11 is 0. The molecule has 1 saturated heterocycles. The van der Waals surface area contributed by atoms with Crippen molar-refractivity contribution >= 4 is 5.97 Å². The number of ether oxygens (including phenoxy) is 2. The predicted molar refractivity (Wildman–Crippen MR) is 59.6 cm³/mol. The molecule has 90 valence electrons. The molecule has 5 nitrogen and oxygen atoms in total. The van der Waals surface area contributed by atoms with Crippen LogP contribution in [0.15, 0.2) is 0 Å². The third-order valence-corrected chi connectivity index (χ3v) is 2.36. The monoisotopic (exact) mass is 226 g/mol. The highest BCUT2D eigenvalue weighted by Crippen LogP contribution is 1.95. The van der Waals surface area contributed by atoms with E-state index in [2.05, 4.69) is 21.5 Å². The van der Waals surface area contributed by atoms with Crippen molar-refractivity contribution in [3.63, 3.8) is 0 Å². The summed E-state index contributed by atoms with van der Waals surface area (Å²) in [4.78, 5) is 13.2. The van der Waals surface area contributed by atoms with E-state index in [1.54, 1.807) is 0 Å². The van der Waals surface area contributed by atoms with Crippen LogP contribution in [0.1, 0.15) is 6.42 Å². The zero-order valence-corrected chi connectivity index (χ0v) is 9.57. The first-order valence-corrected chi connectivity index (χ1v) is 5.33. The maximum absolute atomic E-state index is 11.0. The molecule has 0 spiro atoms. The lowest BCUT2D eigenvalue weighted by Gasteiger charge is -2.24. The van der Waals surface area contributed by atoms with Crippen molar-refractivity contribution in [2.24, 2.45) is 5.73 Å². The van der Waals surface area contributed by atoms with Gasteiger partial charge in [0, 0.05) is 19.5 Å². The van der Waals surface area contributed by atoms with Crippen LogP contribution in [0, 0.1) is 11.8 Å². The van der Waals surface area contributed by atoms with Crippen molar-refractivity contribution in [1.82, 2.24) is 4.90 Å². The Labute approximate surface area is 95.9 Å². The Morgan fingerprint density at radius 3 is 2.81 bits per heavy atom. The summed E-state index contributed by atoms with van der Waals surface area (Å²) in [6.45, 7) is 4.07. The third-order valence-electron chi connectivity index (χ3n) is 2.36. The summed E-state index contributed by atoms with van der Waals surface area (Å²) in [5.74, 6) is 5.47. The van der Waals surface area contributed by atoms with Gasteiger partial charge in [-0.15, -0.1) is 0 Å². The average molecular weight is 226 g/mol. The van der Waals surface area contributed by atoms with Crippen LogP contribution in [0.3, 0.4) is 0 Å². The van der Waals surface area contributed by atoms with Crippen molar-refractivity contribution in [1.29, 1.82) is 0 Å². The van der Waals surface area contributed by atoms with E-state index in [1.165, 1.54) is 7.11 Å². The van der Waals surface area contributed by atoms with Crippen LogP contribution in [0.25, 0.3) is 0 Å². The van der Waals surface area contributed by atoms with Gasteiger partial charge in [0.05, 0.1) is 26.9 Å². The first-order chi connectivity index (χ1) is 7.74. The molecular weight excluding hydrogens is 208 g/mol. The maximum Gasteiger partial charge on any atom is 0.323 e. The number of methoxy groups -OCH3 is 1. The summed E-state index contributed by atoms with van der Waals surface area (Å²) in [7, 11) is 1.32. The topological polar surface area (TPSA) is 64.8 Å². The molecule has 0 aromatic carbocycles. The molecule has 1 fully saturated rings. The fourth-order valence-electron chi connectivity index (χ4n) is 1.34. The lowest BCUT2D eigenvalue weighted by atomic mass is 10.2. The van der Waals surface area contributed by atoms with Crippen LogP contribution in [-0.4, -0.2) is 56.9 Å². The number of morpholine rings is 1. The summed E-state index contributed by atoms with van der Waals surface area (Å²) in [5.41, 5.74) is 5.54. The second-order valence-electron chi connectivity index (χ2n) is 3.58. The van der Waals surface area contributed by atoms with Gasteiger partial charge in [0.2, 0.25) is 0 Å². The Morgan fingerprint density at radius 2 is 2.19 bits per heavy atom. The predicted octanol–water partition coefficient (Wildman–Crippen LogP) is -0.788. The van der Waals surface area contributed by atoms with Gasteiger partial charge in [-0.2, -0.15) is 0 Å². The second-order valence-corrected chi connectivity index (χ2v) is 3.58. The number of hydrogen-bond acceptors (Lipinski definition) is 5. The molecule has 1 heterocycles. The van der Waals surface area contributed by atoms with E-state index in [0.717, 1.165) is 26.3 Å². The number of hydrogen-bond donors (Lipinski definition) is 1. The van der Waals surface area contributed by atoms with Gasteiger partial charge in [0.25, 0.3) is 0 Å². The van der Waals surface area contributed by atoms with Crippen LogP contribution in [0.4, 0.5) is 0 Å². The van der Waals surface area contributed by atoms with Gasteiger partial charge >= 0.3 is 5.97 Å². The summed E-state index contributed by atoms with van der Waals surface area (Å²) in [6, 6.07) is -0.637. The van der Waals surface area contributed by atoms with E-state index in [4.69, 9.17) is 10.5 Å². The number of carbonyl (C=O) groups excluding carboxylic acids is 1. The van der Waals surface area contributed by atoms with Crippen LogP contribution < -0.4 is 5.73 Å². The quantitative estimate of drug-likeness (QED) is 0.505. The first kappa shape index (κ1) is 13.0.